The molecule has 0 aliphatic heterocycles. The molecule has 0 bridgehead atoms. The fourth-order valence-corrected chi connectivity index (χ4v) is 2.57. The number of hydrogen-bond donors (Lipinski definition) is 1. The van der Waals surface area contributed by atoms with Crippen LogP contribution in [0.15, 0.2) is 18.2 Å². The second-order valence-corrected chi connectivity index (χ2v) is 5.17. The Hall–Kier alpha value is -1.22. The maximum absolute atomic E-state index is 5.38. The number of rotatable bonds is 9. The summed E-state index contributed by atoms with van der Waals surface area (Å²) in [5.41, 5.74) is 1.25. The van der Waals surface area contributed by atoms with Gasteiger partial charge in [-0.25, -0.2) is 0 Å². The first-order chi connectivity index (χ1) is 9.68. The van der Waals surface area contributed by atoms with Gasteiger partial charge >= 0.3 is 0 Å². The lowest BCUT2D eigenvalue weighted by Gasteiger charge is -2.24. The van der Waals surface area contributed by atoms with Crippen molar-refractivity contribution in [3.63, 3.8) is 0 Å². The number of hydrogen-bond acceptors (Lipinski definition) is 3. The fourth-order valence-electron chi connectivity index (χ4n) is 2.57. The van der Waals surface area contributed by atoms with Gasteiger partial charge in [0, 0.05) is 12.1 Å². The molecule has 1 rings (SSSR count). The average molecular weight is 279 g/mol. The number of benzene rings is 1. The van der Waals surface area contributed by atoms with Crippen LogP contribution in [0, 0.1) is 5.92 Å². The molecule has 0 saturated heterocycles. The molecule has 1 atom stereocenters. The minimum atomic E-state index is 0.355. The van der Waals surface area contributed by atoms with E-state index in [9.17, 15) is 0 Å². The Bertz CT molecular complexity index is 366. The first-order valence-corrected chi connectivity index (χ1v) is 7.64. The lowest BCUT2D eigenvalue weighted by atomic mass is 9.91. The molecule has 0 aliphatic carbocycles. The molecule has 3 heteroatoms. The van der Waals surface area contributed by atoms with Crippen LogP contribution in [0.1, 0.15) is 51.6 Å². The summed E-state index contributed by atoms with van der Waals surface area (Å²) in [5.74, 6) is 2.45. The highest BCUT2D eigenvalue weighted by atomic mass is 16.5. The van der Waals surface area contributed by atoms with Crippen LogP contribution >= 0.6 is 0 Å². The predicted octanol–water partition coefficient (Wildman–Crippen LogP) is 4.18. The maximum atomic E-state index is 5.38. The lowest BCUT2D eigenvalue weighted by molar-refractivity contribution is 0.367. The molecule has 0 amide bonds. The quantitative estimate of drug-likeness (QED) is 0.735. The Balaban J connectivity index is 3.00. The molecule has 1 aromatic carbocycles. The SMILES string of the molecule is CCNC(CC(CC)CC)c1cc(OC)cc(OC)c1. The first kappa shape index (κ1) is 16.8. The van der Waals surface area contributed by atoms with Crippen molar-refractivity contribution in [2.45, 2.75) is 46.1 Å². The minimum absolute atomic E-state index is 0.355. The van der Waals surface area contributed by atoms with E-state index in [0.717, 1.165) is 30.4 Å². The molecule has 0 radical (unpaired) electrons. The van der Waals surface area contributed by atoms with Crippen LogP contribution in [-0.4, -0.2) is 20.8 Å². The molecule has 20 heavy (non-hydrogen) atoms. The molecule has 0 aliphatic rings. The van der Waals surface area contributed by atoms with E-state index in [2.05, 4.69) is 38.2 Å². The highest BCUT2D eigenvalue weighted by molar-refractivity contribution is 5.39. The van der Waals surface area contributed by atoms with Crippen LogP contribution < -0.4 is 14.8 Å². The lowest BCUT2D eigenvalue weighted by Crippen LogP contribution is -2.23. The van der Waals surface area contributed by atoms with Crippen LogP contribution in [0.3, 0.4) is 0 Å². The van der Waals surface area contributed by atoms with E-state index >= 15 is 0 Å². The van der Waals surface area contributed by atoms with Crippen molar-refractivity contribution in [1.82, 2.24) is 5.32 Å². The zero-order chi connectivity index (χ0) is 15.0. The standard InChI is InChI=1S/C17H29NO2/c1-6-13(7-2)9-17(18-8-3)14-10-15(19-4)12-16(11-14)20-5/h10-13,17-18H,6-9H2,1-5H3. The molecular formula is C17H29NO2. The molecular weight excluding hydrogens is 250 g/mol. The average Bonchev–Trinajstić information content (AvgIpc) is 2.50. The van der Waals surface area contributed by atoms with E-state index in [1.807, 2.05) is 6.07 Å². The fraction of sp³-hybridized carbons (Fsp3) is 0.647. The molecule has 3 nitrogen and oxygen atoms in total. The van der Waals surface area contributed by atoms with Crippen molar-refractivity contribution >= 4 is 0 Å². The van der Waals surface area contributed by atoms with Gasteiger partial charge in [0.05, 0.1) is 14.2 Å². The van der Waals surface area contributed by atoms with Gasteiger partial charge in [0.1, 0.15) is 11.5 Å². The Morgan fingerprint density at radius 3 is 1.90 bits per heavy atom. The van der Waals surface area contributed by atoms with Crippen LogP contribution in [-0.2, 0) is 0 Å². The van der Waals surface area contributed by atoms with Crippen molar-refractivity contribution in [3.05, 3.63) is 23.8 Å². The van der Waals surface area contributed by atoms with Gasteiger partial charge in [0.25, 0.3) is 0 Å². The Kier molecular flexibility index (Phi) is 7.45. The van der Waals surface area contributed by atoms with Gasteiger partial charge in [-0.1, -0.05) is 33.6 Å². The summed E-state index contributed by atoms with van der Waals surface area (Å²) < 4.78 is 10.8. The van der Waals surface area contributed by atoms with Gasteiger partial charge in [-0.15, -0.1) is 0 Å². The van der Waals surface area contributed by atoms with Crippen molar-refractivity contribution in [3.8, 4) is 11.5 Å². The molecule has 0 aromatic heterocycles. The van der Waals surface area contributed by atoms with Crippen LogP contribution in [0.5, 0.6) is 11.5 Å². The summed E-state index contributed by atoms with van der Waals surface area (Å²) in [6, 6.07) is 6.49. The third-order valence-electron chi connectivity index (χ3n) is 3.95. The Labute approximate surface area is 123 Å². The Morgan fingerprint density at radius 2 is 1.50 bits per heavy atom. The molecule has 0 fully saturated rings. The molecule has 0 spiro atoms. The molecule has 1 N–H and O–H groups in total. The summed E-state index contributed by atoms with van der Waals surface area (Å²) in [5, 5.41) is 3.59. The third-order valence-corrected chi connectivity index (χ3v) is 3.95. The number of methoxy groups -OCH3 is 2. The molecule has 0 saturated carbocycles. The van der Waals surface area contributed by atoms with Crippen molar-refractivity contribution < 1.29 is 9.47 Å². The second-order valence-electron chi connectivity index (χ2n) is 5.17. The van der Waals surface area contributed by atoms with E-state index in [0.29, 0.717) is 6.04 Å². The molecule has 114 valence electrons. The van der Waals surface area contributed by atoms with Gasteiger partial charge in [0.2, 0.25) is 0 Å². The zero-order valence-electron chi connectivity index (χ0n) is 13.5. The topological polar surface area (TPSA) is 30.5 Å². The van der Waals surface area contributed by atoms with Crippen LogP contribution in [0.2, 0.25) is 0 Å². The minimum Gasteiger partial charge on any atom is -0.497 e. The van der Waals surface area contributed by atoms with Crippen molar-refractivity contribution in [2.24, 2.45) is 5.92 Å². The van der Waals surface area contributed by atoms with E-state index < -0.39 is 0 Å². The van der Waals surface area contributed by atoms with Gasteiger partial charge in [-0.05, 0) is 36.6 Å². The van der Waals surface area contributed by atoms with Crippen LogP contribution in [0.25, 0.3) is 0 Å². The first-order valence-electron chi connectivity index (χ1n) is 7.64. The van der Waals surface area contributed by atoms with E-state index in [1.54, 1.807) is 14.2 Å². The number of ether oxygens (including phenoxy) is 2. The largest absolute Gasteiger partial charge is 0.497 e. The smallest absolute Gasteiger partial charge is 0.122 e. The summed E-state index contributed by atoms with van der Waals surface area (Å²) >= 11 is 0. The molecule has 0 heterocycles. The van der Waals surface area contributed by atoms with Gasteiger partial charge in [-0.2, -0.15) is 0 Å². The zero-order valence-corrected chi connectivity index (χ0v) is 13.5. The maximum Gasteiger partial charge on any atom is 0.122 e. The van der Waals surface area contributed by atoms with Gasteiger partial charge in [-0.3, -0.25) is 0 Å². The van der Waals surface area contributed by atoms with E-state index in [-0.39, 0.29) is 0 Å². The highest BCUT2D eigenvalue weighted by Crippen LogP contribution is 2.31. The van der Waals surface area contributed by atoms with Gasteiger partial charge in [0.15, 0.2) is 0 Å². The monoisotopic (exact) mass is 279 g/mol. The van der Waals surface area contributed by atoms with Crippen molar-refractivity contribution in [2.75, 3.05) is 20.8 Å². The number of nitrogens with one attached hydrogen (secondary N) is 1. The summed E-state index contributed by atoms with van der Waals surface area (Å²) in [6.07, 6.45) is 3.59. The highest BCUT2D eigenvalue weighted by Gasteiger charge is 2.17. The summed E-state index contributed by atoms with van der Waals surface area (Å²) in [6.45, 7) is 7.65. The summed E-state index contributed by atoms with van der Waals surface area (Å²) in [4.78, 5) is 0. The predicted molar refractivity (Wildman–Crippen MR) is 84.7 cm³/mol. The normalized spacial score (nSPS) is 12.5. The van der Waals surface area contributed by atoms with E-state index in [4.69, 9.17) is 9.47 Å². The van der Waals surface area contributed by atoms with E-state index in [1.165, 1.54) is 18.4 Å². The van der Waals surface area contributed by atoms with Crippen LogP contribution in [0.4, 0.5) is 0 Å². The summed E-state index contributed by atoms with van der Waals surface area (Å²) in [7, 11) is 3.39. The third kappa shape index (κ3) is 4.71. The Morgan fingerprint density at radius 1 is 0.950 bits per heavy atom. The van der Waals surface area contributed by atoms with Gasteiger partial charge < -0.3 is 14.8 Å². The van der Waals surface area contributed by atoms with Crippen molar-refractivity contribution in [1.29, 1.82) is 0 Å². The molecule has 1 aromatic rings. The molecule has 1 unspecified atom stereocenters. The second kappa shape index (κ2) is 8.85.